The quantitative estimate of drug-likeness (QED) is 0.395. The molecule has 0 saturated carbocycles. The van der Waals surface area contributed by atoms with Gasteiger partial charge < -0.3 is 10.6 Å². The van der Waals surface area contributed by atoms with E-state index < -0.39 is 5.97 Å². The second-order valence-corrected chi connectivity index (χ2v) is 0.542. The van der Waals surface area contributed by atoms with Crippen molar-refractivity contribution >= 4 is 5.97 Å². The van der Waals surface area contributed by atoms with Crippen molar-refractivity contribution < 1.29 is 15.4 Å². The molecule has 3 heteroatoms. The van der Waals surface area contributed by atoms with Crippen molar-refractivity contribution in [1.82, 2.24) is 0 Å². The number of carbonyl (C=O) groups is 1. The second-order valence-electron chi connectivity index (χ2n) is 0.542. The predicted octanol–water partition coefficient (Wildman–Crippen LogP) is 0.234. The third-order valence-electron chi connectivity index (χ3n) is 0.175. The van der Waals surface area contributed by atoms with Crippen LogP contribution in [0.1, 0.15) is 0 Å². The van der Waals surface area contributed by atoms with Crippen molar-refractivity contribution in [3.63, 3.8) is 0 Å². The average molecular weight is 118 g/mol. The Morgan fingerprint density at radius 1 is 1.50 bits per heavy atom. The highest BCUT2D eigenvalue weighted by Crippen LogP contribution is 1.54. The Labute approximate surface area is 48.3 Å². The lowest BCUT2D eigenvalue weighted by atomic mass is 10.7. The highest BCUT2D eigenvalue weighted by molar-refractivity contribution is 5.78. The Bertz CT molecular complexity index is 68.1. The first-order valence-electron chi connectivity index (χ1n) is 1.62. The number of carboxylic acids is 1. The van der Waals surface area contributed by atoms with Gasteiger partial charge in [0.1, 0.15) is 0 Å². The Balaban J connectivity index is -0.0000000750. The molecule has 0 amide bonds. The smallest absolute Gasteiger partial charge is 0.327 e. The molecule has 0 fully saturated rings. The summed E-state index contributed by atoms with van der Waals surface area (Å²) in [5, 5.41) is 7.60. The summed E-state index contributed by atoms with van der Waals surface area (Å²) in [5.41, 5.74) is 0. The molecule has 0 bridgehead atoms. The highest BCUT2D eigenvalue weighted by Gasteiger charge is 1.73. The van der Waals surface area contributed by atoms with Gasteiger partial charge in [0.2, 0.25) is 0 Å². The van der Waals surface area contributed by atoms with Crippen LogP contribution in [0.4, 0.5) is 0 Å². The topological polar surface area (TPSA) is 68.8 Å². The molecule has 0 aliphatic carbocycles. The average Bonchev–Trinajstić information content (AvgIpc) is 1.73. The molecular weight excluding hydrogens is 108 g/mol. The number of aliphatic carboxylic acids is 1. The first-order valence-corrected chi connectivity index (χ1v) is 1.62. The van der Waals surface area contributed by atoms with E-state index in [-0.39, 0.29) is 5.48 Å². The molecule has 0 aromatic heterocycles. The summed E-state index contributed by atoms with van der Waals surface area (Å²) in [6, 6.07) is 0. The molecule has 0 aromatic rings. The largest absolute Gasteiger partial charge is 0.478 e. The van der Waals surface area contributed by atoms with E-state index in [4.69, 9.17) is 5.11 Å². The molecular formula is C5H10O3. The normalized spacial score (nSPS) is 4.50. The molecule has 0 radical (unpaired) electrons. The van der Waals surface area contributed by atoms with Crippen molar-refractivity contribution in [3.8, 4) is 0 Å². The van der Waals surface area contributed by atoms with Gasteiger partial charge in [0, 0.05) is 6.08 Å². The minimum absolute atomic E-state index is 0. The summed E-state index contributed by atoms with van der Waals surface area (Å²) in [6.45, 7) is 8.96. The SMILES string of the molecule is C=C.C=CC(=O)O.O. The molecule has 0 unspecified atom stereocenters. The van der Waals surface area contributed by atoms with Crippen LogP contribution in [0.15, 0.2) is 25.8 Å². The van der Waals surface area contributed by atoms with Crippen LogP contribution in [0.25, 0.3) is 0 Å². The molecule has 0 spiro atoms. The lowest BCUT2D eigenvalue weighted by Gasteiger charge is -1.64. The monoisotopic (exact) mass is 118 g/mol. The first kappa shape index (κ1) is 15.8. The van der Waals surface area contributed by atoms with Crippen LogP contribution in [0, 0.1) is 0 Å². The van der Waals surface area contributed by atoms with Crippen LogP contribution in [-0.4, -0.2) is 16.6 Å². The maximum absolute atomic E-state index is 9.25. The first-order chi connectivity index (χ1) is 3.27. The Morgan fingerprint density at radius 3 is 1.62 bits per heavy atom. The molecule has 48 valence electrons. The van der Waals surface area contributed by atoms with E-state index in [9.17, 15) is 4.79 Å². The van der Waals surface area contributed by atoms with E-state index in [1.165, 1.54) is 0 Å². The minimum Gasteiger partial charge on any atom is -0.478 e. The maximum atomic E-state index is 9.25. The molecule has 0 saturated heterocycles. The second kappa shape index (κ2) is 16.8. The number of hydrogen-bond donors (Lipinski definition) is 1. The van der Waals surface area contributed by atoms with Crippen LogP contribution in [0.2, 0.25) is 0 Å². The summed E-state index contributed by atoms with van der Waals surface area (Å²) in [7, 11) is 0. The van der Waals surface area contributed by atoms with Crippen LogP contribution < -0.4 is 0 Å². The standard InChI is InChI=1S/C3H4O2.C2H4.H2O/c1-2-3(4)5;1-2;/h2H,1H2,(H,4,5);1-2H2;1H2. The molecule has 8 heavy (non-hydrogen) atoms. The van der Waals surface area contributed by atoms with E-state index in [1.54, 1.807) is 0 Å². The molecule has 0 aliphatic heterocycles. The van der Waals surface area contributed by atoms with Gasteiger partial charge in [0.25, 0.3) is 0 Å². The van der Waals surface area contributed by atoms with Gasteiger partial charge in [0.15, 0.2) is 0 Å². The minimum atomic E-state index is -0.981. The zero-order valence-electron chi connectivity index (χ0n) is 4.55. The van der Waals surface area contributed by atoms with Crippen LogP contribution in [0.5, 0.6) is 0 Å². The Kier molecular flexibility index (Phi) is 33.2. The number of hydrogen-bond acceptors (Lipinski definition) is 1. The van der Waals surface area contributed by atoms with Crippen LogP contribution in [0.3, 0.4) is 0 Å². The van der Waals surface area contributed by atoms with Crippen molar-refractivity contribution in [2.45, 2.75) is 0 Å². The van der Waals surface area contributed by atoms with Gasteiger partial charge in [-0.2, -0.15) is 0 Å². The predicted molar refractivity (Wildman–Crippen MR) is 32.7 cm³/mol. The van der Waals surface area contributed by atoms with E-state index in [1.807, 2.05) is 0 Å². The highest BCUT2D eigenvalue weighted by atomic mass is 16.4. The van der Waals surface area contributed by atoms with E-state index in [0.29, 0.717) is 0 Å². The summed E-state index contributed by atoms with van der Waals surface area (Å²) in [4.78, 5) is 9.25. The van der Waals surface area contributed by atoms with Gasteiger partial charge in [-0.05, 0) is 0 Å². The molecule has 0 rings (SSSR count). The van der Waals surface area contributed by atoms with Gasteiger partial charge in [-0.15, -0.1) is 13.2 Å². The molecule has 3 nitrogen and oxygen atoms in total. The molecule has 0 aliphatic rings. The van der Waals surface area contributed by atoms with Crippen molar-refractivity contribution in [1.29, 1.82) is 0 Å². The molecule has 0 atom stereocenters. The van der Waals surface area contributed by atoms with Gasteiger partial charge >= 0.3 is 5.97 Å². The summed E-state index contributed by atoms with van der Waals surface area (Å²) in [5.74, 6) is -0.981. The molecule has 3 N–H and O–H groups in total. The van der Waals surface area contributed by atoms with Crippen molar-refractivity contribution in [3.05, 3.63) is 25.8 Å². The Morgan fingerprint density at radius 2 is 1.62 bits per heavy atom. The number of carboxylic acid groups (broad SMARTS) is 1. The summed E-state index contributed by atoms with van der Waals surface area (Å²) < 4.78 is 0. The van der Waals surface area contributed by atoms with Gasteiger partial charge in [-0.25, -0.2) is 4.79 Å². The third kappa shape index (κ3) is 90.6. The Hall–Kier alpha value is -1.09. The maximum Gasteiger partial charge on any atom is 0.327 e. The molecule has 0 aromatic carbocycles. The van der Waals surface area contributed by atoms with Gasteiger partial charge in [0.05, 0.1) is 0 Å². The van der Waals surface area contributed by atoms with E-state index >= 15 is 0 Å². The van der Waals surface area contributed by atoms with E-state index in [0.717, 1.165) is 6.08 Å². The van der Waals surface area contributed by atoms with Crippen LogP contribution in [-0.2, 0) is 4.79 Å². The van der Waals surface area contributed by atoms with Crippen molar-refractivity contribution in [2.75, 3.05) is 0 Å². The fourth-order valence-electron chi connectivity index (χ4n) is 0. The zero-order valence-corrected chi connectivity index (χ0v) is 4.55. The molecule has 0 heterocycles. The van der Waals surface area contributed by atoms with Crippen LogP contribution >= 0.6 is 0 Å². The van der Waals surface area contributed by atoms with E-state index in [2.05, 4.69) is 19.7 Å². The number of rotatable bonds is 1. The fourth-order valence-corrected chi connectivity index (χ4v) is 0. The fraction of sp³-hybridized carbons (Fsp3) is 0. The van der Waals surface area contributed by atoms with Crippen molar-refractivity contribution in [2.24, 2.45) is 0 Å². The van der Waals surface area contributed by atoms with Gasteiger partial charge in [-0.3, -0.25) is 0 Å². The lowest BCUT2D eigenvalue weighted by molar-refractivity contribution is -0.131. The lowest BCUT2D eigenvalue weighted by Crippen LogP contribution is -1.82. The summed E-state index contributed by atoms with van der Waals surface area (Å²) in [6.07, 6.45) is 0.833. The van der Waals surface area contributed by atoms with Gasteiger partial charge in [-0.1, -0.05) is 6.58 Å². The third-order valence-corrected chi connectivity index (χ3v) is 0.175. The summed E-state index contributed by atoms with van der Waals surface area (Å²) >= 11 is 0. The zero-order chi connectivity index (χ0) is 6.28.